The summed E-state index contributed by atoms with van der Waals surface area (Å²) in [6, 6.07) is 9.84. The molecule has 0 bridgehead atoms. The second-order valence-electron chi connectivity index (χ2n) is 7.38. The zero-order chi connectivity index (χ0) is 19.1. The minimum absolute atomic E-state index is 0.0241. The lowest BCUT2D eigenvalue weighted by Gasteiger charge is -2.25. The Balaban J connectivity index is 1.27. The third kappa shape index (κ3) is 3.28. The fourth-order valence-electron chi connectivity index (χ4n) is 3.80. The maximum absolute atomic E-state index is 12.9. The van der Waals surface area contributed by atoms with Gasteiger partial charge in [0.15, 0.2) is 5.13 Å². The lowest BCUT2D eigenvalue weighted by Crippen LogP contribution is -2.35. The number of hydrogen-bond acceptors (Lipinski definition) is 6. The molecule has 1 fully saturated rings. The van der Waals surface area contributed by atoms with E-state index in [1.54, 1.807) is 11.3 Å². The fourth-order valence-corrected chi connectivity index (χ4v) is 4.83. The van der Waals surface area contributed by atoms with Crippen LogP contribution in [0.3, 0.4) is 0 Å². The van der Waals surface area contributed by atoms with Gasteiger partial charge in [-0.15, -0.1) is 0 Å². The molecule has 28 heavy (non-hydrogen) atoms. The number of aliphatic hydroxyl groups is 1. The summed E-state index contributed by atoms with van der Waals surface area (Å²) in [6.07, 6.45) is 0.348. The van der Waals surface area contributed by atoms with E-state index in [0.717, 1.165) is 33.0 Å². The summed E-state index contributed by atoms with van der Waals surface area (Å²) in [7, 11) is 0. The number of thiazole rings is 1. The van der Waals surface area contributed by atoms with E-state index >= 15 is 0 Å². The normalized spacial score (nSPS) is 21.8. The standard InChI is InChI=1S/C20H22N4O3S/c25-17-11-27-10-13(17)8-21-20-23-15-5-6-24(9-18(15)28-20)19(26)16-7-12-3-1-2-4-14(12)22-16/h1-4,7,13,17,22,25H,5-6,8-11H2,(H,21,23)/t13-,17+/m1/s1. The highest BCUT2D eigenvalue weighted by Gasteiger charge is 2.28. The van der Waals surface area contributed by atoms with Crippen LogP contribution >= 0.6 is 11.3 Å². The molecule has 3 N–H and O–H groups in total. The van der Waals surface area contributed by atoms with Crippen LogP contribution in [0.4, 0.5) is 5.13 Å². The van der Waals surface area contributed by atoms with Crippen molar-refractivity contribution in [1.82, 2.24) is 14.9 Å². The summed E-state index contributed by atoms with van der Waals surface area (Å²) in [5.41, 5.74) is 2.67. The zero-order valence-corrected chi connectivity index (χ0v) is 16.2. The van der Waals surface area contributed by atoms with Crippen LogP contribution in [0, 0.1) is 5.92 Å². The molecule has 1 saturated heterocycles. The average molecular weight is 398 g/mol. The highest BCUT2D eigenvalue weighted by Crippen LogP contribution is 2.30. The maximum Gasteiger partial charge on any atom is 0.270 e. The summed E-state index contributed by atoms with van der Waals surface area (Å²) in [4.78, 5) is 23.9. The van der Waals surface area contributed by atoms with Crippen molar-refractivity contribution in [2.24, 2.45) is 5.92 Å². The Labute approximate surface area is 166 Å². The average Bonchev–Trinajstić information content (AvgIpc) is 3.42. The number of carbonyl (C=O) groups excluding carboxylic acids is 1. The number of aromatic nitrogens is 2. The van der Waals surface area contributed by atoms with E-state index in [9.17, 15) is 9.90 Å². The molecular formula is C20H22N4O3S. The van der Waals surface area contributed by atoms with Crippen LogP contribution < -0.4 is 5.32 Å². The van der Waals surface area contributed by atoms with E-state index in [2.05, 4.69) is 15.3 Å². The Morgan fingerprint density at radius 2 is 2.29 bits per heavy atom. The molecule has 2 aliphatic heterocycles. The first kappa shape index (κ1) is 17.7. The van der Waals surface area contributed by atoms with Gasteiger partial charge >= 0.3 is 0 Å². The smallest absolute Gasteiger partial charge is 0.270 e. The molecule has 3 aromatic rings. The van der Waals surface area contributed by atoms with Crippen LogP contribution in [0.2, 0.25) is 0 Å². The molecule has 4 heterocycles. The number of para-hydroxylation sites is 1. The van der Waals surface area contributed by atoms with Gasteiger partial charge < -0.3 is 25.0 Å². The highest BCUT2D eigenvalue weighted by molar-refractivity contribution is 7.15. The number of anilines is 1. The molecule has 2 aliphatic rings. The van der Waals surface area contributed by atoms with Crippen LogP contribution in [0.5, 0.6) is 0 Å². The second-order valence-corrected chi connectivity index (χ2v) is 8.47. The van der Waals surface area contributed by atoms with Crippen LogP contribution in [0.25, 0.3) is 10.9 Å². The monoisotopic (exact) mass is 398 g/mol. The Hall–Kier alpha value is -2.42. The summed E-state index contributed by atoms with van der Waals surface area (Å²) in [5.74, 6) is 0.122. The number of benzene rings is 1. The number of aliphatic hydroxyl groups excluding tert-OH is 1. The number of H-pyrrole nitrogens is 1. The van der Waals surface area contributed by atoms with Crippen molar-refractivity contribution in [3.8, 4) is 0 Å². The molecule has 0 aliphatic carbocycles. The van der Waals surface area contributed by atoms with Crippen molar-refractivity contribution >= 4 is 33.3 Å². The van der Waals surface area contributed by atoms with E-state index < -0.39 is 6.10 Å². The van der Waals surface area contributed by atoms with Gasteiger partial charge in [-0.1, -0.05) is 29.5 Å². The van der Waals surface area contributed by atoms with Crippen molar-refractivity contribution in [1.29, 1.82) is 0 Å². The highest BCUT2D eigenvalue weighted by atomic mass is 32.1. The quantitative estimate of drug-likeness (QED) is 0.627. The number of nitrogens with zero attached hydrogens (tertiary/aromatic N) is 2. The van der Waals surface area contributed by atoms with Gasteiger partial charge in [-0.05, 0) is 12.1 Å². The van der Waals surface area contributed by atoms with Gasteiger partial charge in [0.25, 0.3) is 5.91 Å². The van der Waals surface area contributed by atoms with Gasteiger partial charge in [-0.3, -0.25) is 4.79 Å². The molecule has 1 aromatic carbocycles. The van der Waals surface area contributed by atoms with E-state index in [-0.39, 0.29) is 11.8 Å². The van der Waals surface area contributed by atoms with Crippen molar-refractivity contribution in [2.75, 3.05) is 31.6 Å². The Morgan fingerprint density at radius 1 is 1.39 bits per heavy atom. The first-order valence-corrected chi connectivity index (χ1v) is 10.3. The van der Waals surface area contributed by atoms with Gasteiger partial charge in [0.05, 0.1) is 31.6 Å². The first-order valence-electron chi connectivity index (χ1n) is 9.52. The van der Waals surface area contributed by atoms with Gasteiger partial charge in [0.1, 0.15) is 5.69 Å². The summed E-state index contributed by atoms with van der Waals surface area (Å²) >= 11 is 1.59. The summed E-state index contributed by atoms with van der Waals surface area (Å²) < 4.78 is 5.29. The minimum Gasteiger partial charge on any atom is -0.390 e. The number of hydrogen-bond donors (Lipinski definition) is 3. The Kier molecular flexibility index (Phi) is 4.54. The van der Waals surface area contributed by atoms with Crippen LogP contribution in [-0.4, -0.2) is 58.3 Å². The van der Waals surface area contributed by atoms with Gasteiger partial charge in [-0.2, -0.15) is 0 Å². The SMILES string of the molecule is O=C(c1cc2ccccc2[nH]1)N1CCc2nc(NC[C@@H]3COC[C@@H]3O)sc2C1. The van der Waals surface area contributed by atoms with Crippen LogP contribution in [0.15, 0.2) is 30.3 Å². The lowest BCUT2D eigenvalue weighted by molar-refractivity contribution is 0.0731. The molecule has 2 aromatic heterocycles. The molecule has 7 nitrogen and oxygen atoms in total. The third-order valence-corrected chi connectivity index (χ3v) is 6.50. The molecule has 0 radical (unpaired) electrons. The van der Waals surface area contributed by atoms with Gasteiger partial charge in [0.2, 0.25) is 0 Å². The summed E-state index contributed by atoms with van der Waals surface area (Å²) in [6.45, 7) is 2.88. The molecule has 0 unspecified atom stereocenters. The predicted octanol–water partition coefficient (Wildman–Crippen LogP) is 2.24. The van der Waals surface area contributed by atoms with Crippen molar-refractivity contribution in [3.05, 3.63) is 46.6 Å². The number of aromatic amines is 1. The molecule has 2 atom stereocenters. The number of rotatable bonds is 4. The molecule has 0 saturated carbocycles. The Morgan fingerprint density at radius 3 is 3.11 bits per heavy atom. The van der Waals surface area contributed by atoms with Crippen LogP contribution in [0.1, 0.15) is 21.1 Å². The minimum atomic E-state index is -0.411. The van der Waals surface area contributed by atoms with E-state index in [0.29, 0.717) is 38.5 Å². The topological polar surface area (TPSA) is 90.5 Å². The van der Waals surface area contributed by atoms with Crippen molar-refractivity contribution < 1.29 is 14.6 Å². The van der Waals surface area contributed by atoms with E-state index in [1.165, 1.54) is 0 Å². The largest absolute Gasteiger partial charge is 0.390 e. The number of fused-ring (bicyclic) bond motifs is 2. The summed E-state index contributed by atoms with van der Waals surface area (Å²) in [5, 5.41) is 15.1. The third-order valence-electron chi connectivity index (χ3n) is 5.46. The molecule has 1 amide bonds. The van der Waals surface area contributed by atoms with Crippen LogP contribution in [-0.2, 0) is 17.7 Å². The number of amides is 1. The van der Waals surface area contributed by atoms with Gasteiger partial charge in [-0.25, -0.2) is 4.98 Å². The lowest BCUT2D eigenvalue weighted by atomic mass is 10.1. The zero-order valence-electron chi connectivity index (χ0n) is 15.4. The molecule has 8 heteroatoms. The van der Waals surface area contributed by atoms with E-state index in [4.69, 9.17) is 4.74 Å². The van der Waals surface area contributed by atoms with Gasteiger partial charge in [0, 0.05) is 41.2 Å². The fraction of sp³-hybridized carbons (Fsp3) is 0.400. The first-order chi connectivity index (χ1) is 13.7. The van der Waals surface area contributed by atoms with E-state index in [1.807, 2.05) is 35.2 Å². The molecule has 146 valence electrons. The molecule has 0 spiro atoms. The maximum atomic E-state index is 12.9. The van der Waals surface area contributed by atoms with Crippen molar-refractivity contribution in [3.63, 3.8) is 0 Å². The predicted molar refractivity (Wildman–Crippen MR) is 108 cm³/mol. The number of ether oxygens (including phenoxy) is 1. The Bertz CT molecular complexity index is 981. The van der Waals surface area contributed by atoms with Crippen molar-refractivity contribution in [2.45, 2.75) is 19.1 Å². The second kappa shape index (κ2) is 7.20. The number of carbonyl (C=O) groups is 1. The molecule has 5 rings (SSSR count). The number of nitrogens with one attached hydrogen (secondary N) is 2. The molecular weight excluding hydrogens is 376 g/mol.